The quantitative estimate of drug-likeness (QED) is 0.656. The molecule has 21 heavy (non-hydrogen) atoms. The van der Waals surface area contributed by atoms with Crippen molar-refractivity contribution in [2.75, 3.05) is 6.61 Å². The molecule has 1 unspecified atom stereocenters. The summed E-state index contributed by atoms with van der Waals surface area (Å²) in [6, 6.07) is 8.70. The Labute approximate surface area is 128 Å². The largest absolute Gasteiger partial charge is 0.463 e. The number of thiocarbonyl (C=S) groups is 1. The summed E-state index contributed by atoms with van der Waals surface area (Å²) in [5.74, 6) is -0.383. The van der Waals surface area contributed by atoms with Gasteiger partial charge in [-0.25, -0.2) is 4.79 Å². The number of carbonyl (C=O) groups excluding carboxylic acids is 1. The van der Waals surface area contributed by atoms with Crippen molar-refractivity contribution < 1.29 is 9.53 Å². The van der Waals surface area contributed by atoms with Crippen LogP contribution in [0.2, 0.25) is 0 Å². The number of nitrogens with zero attached hydrogens (tertiary/aromatic N) is 1. The predicted octanol–water partition coefficient (Wildman–Crippen LogP) is 1.91. The predicted molar refractivity (Wildman–Crippen MR) is 82.1 cm³/mol. The second-order valence-corrected chi connectivity index (χ2v) is 4.93. The zero-order valence-corrected chi connectivity index (χ0v) is 12.6. The van der Waals surface area contributed by atoms with E-state index in [9.17, 15) is 4.79 Å². The second kappa shape index (κ2) is 6.37. The number of hydrogen-bond donors (Lipinski definition) is 2. The smallest absolute Gasteiger partial charge is 0.338 e. The number of rotatable bonds is 3. The standard InChI is InChI=1S/C15H15N3O2S/c1-3-20-14(19)12-9(2)17-15(21)18-13(12)11-6-4-10(8-16)5-7-11/h4-7,13H,3H2,1-2H3,(H2,17,18,21). The number of nitrogens with one attached hydrogen (secondary N) is 2. The summed E-state index contributed by atoms with van der Waals surface area (Å²) >= 11 is 5.15. The summed E-state index contributed by atoms with van der Waals surface area (Å²) < 4.78 is 5.11. The van der Waals surface area contributed by atoms with Crippen molar-refractivity contribution in [1.29, 1.82) is 5.26 Å². The molecule has 1 atom stereocenters. The van der Waals surface area contributed by atoms with Gasteiger partial charge in [-0.2, -0.15) is 5.26 Å². The SMILES string of the molecule is CCOC(=O)C1=C(C)NC(=S)NC1c1ccc(C#N)cc1. The maximum Gasteiger partial charge on any atom is 0.338 e. The van der Waals surface area contributed by atoms with E-state index in [2.05, 4.69) is 16.7 Å². The zero-order valence-electron chi connectivity index (χ0n) is 11.8. The molecular formula is C15H15N3O2S. The highest BCUT2D eigenvalue weighted by molar-refractivity contribution is 7.80. The Morgan fingerprint density at radius 2 is 2.10 bits per heavy atom. The molecule has 1 aromatic rings. The monoisotopic (exact) mass is 301 g/mol. The highest BCUT2D eigenvalue weighted by Gasteiger charge is 2.30. The van der Waals surface area contributed by atoms with Gasteiger partial charge in [-0.15, -0.1) is 0 Å². The average molecular weight is 301 g/mol. The lowest BCUT2D eigenvalue weighted by atomic mass is 9.95. The van der Waals surface area contributed by atoms with Crippen molar-refractivity contribution in [2.45, 2.75) is 19.9 Å². The van der Waals surface area contributed by atoms with Crippen molar-refractivity contribution in [3.05, 3.63) is 46.7 Å². The van der Waals surface area contributed by atoms with E-state index >= 15 is 0 Å². The van der Waals surface area contributed by atoms with Gasteiger partial charge >= 0.3 is 5.97 Å². The van der Waals surface area contributed by atoms with E-state index in [1.807, 2.05) is 0 Å². The summed E-state index contributed by atoms with van der Waals surface area (Å²) in [6.45, 7) is 3.86. The maximum atomic E-state index is 12.2. The fraction of sp³-hybridized carbons (Fsp3) is 0.267. The van der Waals surface area contributed by atoms with Crippen LogP contribution < -0.4 is 10.6 Å². The van der Waals surface area contributed by atoms with Gasteiger partial charge in [-0.3, -0.25) is 0 Å². The lowest BCUT2D eigenvalue weighted by Gasteiger charge is -2.29. The van der Waals surface area contributed by atoms with Crippen molar-refractivity contribution in [2.24, 2.45) is 0 Å². The molecule has 0 aromatic heterocycles. The van der Waals surface area contributed by atoms with Crippen molar-refractivity contribution in [1.82, 2.24) is 10.6 Å². The molecule has 0 spiro atoms. The molecule has 6 heteroatoms. The molecule has 1 heterocycles. The molecule has 5 nitrogen and oxygen atoms in total. The number of allylic oxidation sites excluding steroid dienone is 1. The minimum Gasteiger partial charge on any atom is -0.463 e. The summed E-state index contributed by atoms with van der Waals surface area (Å²) in [5.41, 5.74) is 2.58. The Kier molecular flexibility index (Phi) is 4.55. The van der Waals surface area contributed by atoms with E-state index in [0.717, 1.165) is 5.56 Å². The summed E-state index contributed by atoms with van der Waals surface area (Å²) in [6.07, 6.45) is 0. The number of benzene rings is 1. The van der Waals surface area contributed by atoms with Crippen LogP contribution in [0.25, 0.3) is 0 Å². The van der Waals surface area contributed by atoms with Gasteiger partial charge in [0.05, 0.1) is 29.9 Å². The van der Waals surface area contributed by atoms with E-state index in [1.165, 1.54) is 0 Å². The molecule has 0 saturated carbocycles. The first-order chi connectivity index (χ1) is 10.1. The van der Waals surface area contributed by atoms with Gasteiger partial charge in [0.1, 0.15) is 0 Å². The lowest BCUT2D eigenvalue weighted by Crippen LogP contribution is -2.45. The van der Waals surface area contributed by atoms with Gasteiger partial charge in [-0.05, 0) is 43.8 Å². The van der Waals surface area contributed by atoms with Crippen LogP contribution in [0.3, 0.4) is 0 Å². The van der Waals surface area contributed by atoms with Crippen LogP contribution in [-0.4, -0.2) is 17.7 Å². The van der Waals surface area contributed by atoms with Crippen LogP contribution in [-0.2, 0) is 9.53 Å². The Morgan fingerprint density at radius 3 is 2.67 bits per heavy atom. The molecule has 0 radical (unpaired) electrons. The first-order valence-corrected chi connectivity index (χ1v) is 6.93. The van der Waals surface area contributed by atoms with Crippen molar-refractivity contribution in [3.63, 3.8) is 0 Å². The zero-order chi connectivity index (χ0) is 15.4. The third kappa shape index (κ3) is 3.20. The van der Waals surface area contributed by atoms with Gasteiger partial charge in [0.2, 0.25) is 0 Å². The van der Waals surface area contributed by atoms with Crippen LogP contribution >= 0.6 is 12.2 Å². The highest BCUT2D eigenvalue weighted by atomic mass is 32.1. The van der Waals surface area contributed by atoms with Gasteiger partial charge < -0.3 is 15.4 Å². The van der Waals surface area contributed by atoms with Crippen molar-refractivity contribution >= 4 is 23.3 Å². The summed E-state index contributed by atoms with van der Waals surface area (Å²) in [7, 11) is 0. The molecule has 1 aliphatic heterocycles. The highest BCUT2D eigenvalue weighted by Crippen LogP contribution is 2.27. The van der Waals surface area contributed by atoms with Gasteiger partial charge in [0.25, 0.3) is 0 Å². The van der Waals surface area contributed by atoms with Crippen LogP contribution in [0.1, 0.15) is 31.0 Å². The van der Waals surface area contributed by atoms with Gasteiger partial charge in [-0.1, -0.05) is 12.1 Å². The third-order valence-corrected chi connectivity index (χ3v) is 3.36. The maximum absolute atomic E-state index is 12.2. The second-order valence-electron chi connectivity index (χ2n) is 4.52. The van der Waals surface area contributed by atoms with E-state index in [1.54, 1.807) is 38.1 Å². The van der Waals surface area contributed by atoms with Gasteiger partial charge in [0.15, 0.2) is 5.11 Å². The number of hydrogen-bond acceptors (Lipinski definition) is 4. The molecule has 0 saturated heterocycles. The van der Waals surface area contributed by atoms with Crippen LogP contribution in [0, 0.1) is 11.3 Å². The first kappa shape index (κ1) is 15.0. The molecule has 1 aliphatic rings. The minimum atomic E-state index is -0.384. The number of nitriles is 1. The number of carbonyl (C=O) groups is 1. The fourth-order valence-corrected chi connectivity index (χ4v) is 2.44. The molecule has 108 valence electrons. The van der Waals surface area contributed by atoms with Crippen molar-refractivity contribution in [3.8, 4) is 6.07 Å². The normalized spacial score (nSPS) is 17.6. The molecule has 1 aromatic carbocycles. The molecule has 0 bridgehead atoms. The van der Waals surface area contributed by atoms with Crippen LogP contribution in [0.15, 0.2) is 35.5 Å². The topological polar surface area (TPSA) is 74.2 Å². The Hall–Kier alpha value is -2.39. The molecular weight excluding hydrogens is 286 g/mol. The molecule has 2 rings (SSSR count). The Bertz CT molecular complexity index is 644. The third-order valence-electron chi connectivity index (χ3n) is 3.14. The molecule has 0 amide bonds. The number of esters is 1. The first-order valence-electron chi connectivity index (χ1n) is 6.52. The van der Waals surface area contributed by atoms with E-state index < -0.39 is 0 Å². The summed E-state index contributed by atoms with van der Waals surface area (Å²) in [5, 5.41) is 15.3. The Balaban J connectivity index is 2.42. The molecule has 0 fully saturated rings. The van der Waals surface area contributed by atoms with Crippen LogP contribution in [0.5, 0.6) is 0 Å². The van der Waals surface area contributed by atoms with E-state index in [0.29, 0.717) is 28.6 Å². The summed E-state index contributed by atoms with van der Waals surface area (Å²) in [4.78, 5) is 12.2. The average Bonchev–Trinajstić information content (AvgIpc) is 2.46. The molecule has 2 N–H and O–H groups in total. The number of ether oxygens (including phenoxy) is 1. The Morgan fingerprint density at radius 1 is 1.43 bits per heavy atom. The molecule has 0 aliphatic carbocycles. The van der Waals surface area contributed by atoms with Crippen LogP contribution in [0.4, 0.5) is 0 Å². The van der Waals surface area contributed by atoms with E-state index in [4.69, 9.17) is 22.2 Å². The lowest BCUT2D eigenvalue weighted by molar-refractivity contribution is -0.139. The van der Waals surface area contributed by atoms with E-state index in [-0.39, 0.29) is 12.0 Å². The van der Waals surface area contributed by atoms with Gasteiger partial charge in [0, 0.05) is 5.70 Å². The fourth-order valence-electron chi connectivity index (χ4n) is 2.17. The minimum absolute atomic E-state index is 0.306.